The van der Waals surface area contributed by atoms with Crippen LogP contribution in [0.3, 0.4) is 0 Å². The summed E-state index contributed by atoms with van der Waals surface area (Å²) in [5.74, 6) is 0.0221. The molecule has 0 aliphatic rings. The summed E-state index contributed by atoms with van der Waals surface area (Å²) in [5, 5.41) is 4.41. The molecule has 0 aliphatic heterocycles. The molecule has 4 nitrogen and oxygen atoms in total. The van der Waals surface area contributed by atoms with Gasteiger partial charge in [0.05, 0.1) is 22.3 Å². The first-order chi connectivity index (χ1) is 9.43. The van der Waals surface area contributed by atoms with E-state index < -0.39 is 0 Å². The maximum Gasteiger partial charge on any atom is 0.187 e. The molecule has 0 saturated heterocycles. The molecule has 2 aromatic rings. The van der Waals surface area contributed by atoms with Crippen LogP contribution in [0.1, 0.15) is 39.9 Å². The van der Waals surface area contributed by atoms with E-state index >= 15 is 0 Å². The molecule has 0 saturated carbocycles. The molecule has 0 radical (unpaired) electrons. The van der Waals surface area contributed by atoms with Crippen molar-refractivity contribution in [3.63, 3.8) is 0 Å². The lowest BCUT2D eigenvalue weighted by molar-refractivity contribution is 0.0985. The Morgan fingerprint density at radius 2 is 2.10 bits per heavy atom. The van der Waals surface area contributed by atoms with Crippen LogP contribution in [-0.2, 0) is 19.9 Å². The number of nitrogens with zero attached hydrogens (tertiary/aromatic N) is 3. The molecule has 0 unspecified atom stereocenters. The van der Waals surface area contributed by atoms with Gasteiger partial charge in [0.15, 0.2) is 5.78 Å². The maximum absolute atomic E-state index is 12.4. The predicted molar refractivity (Wildman–Crippen MR) is 82.0 cm³/mol. The number of aromatic nitrogens is 3. The first-order valence-electron chi connectivity index (χ1n) is 6.60. The second-order valence-corrected chi connectivity index (χ2v) is 5.76. The zero-order chi connectivity index (χ0) is 14.9. The van der Waals surface area contributed by atoms with Gasteiger partial charge in [-0.25, -0.2) is 0 Å². The summed E-state index contributed by atoms with van der Waals surface area (Å²) in [4.78, 5) is 16.7. The van der Waals surface area contributed by atoms with E-state index in [1.165, 1.54) is 0 Å². The lowest BCUT2D eigenvalue weighted by Gasteiger charge is -2.06. The van der Waals surface area contributed by atoms with Gasteiger partial charge < -0.3 is 0 Å². The van der Waals surface area contributed by atoms with Crippen LogP contribution < -0.4 is 0 Å². The second-order valence-electron chi connectivity index (χ2n) is 4.96. The Labute approximate surface area is 127 Å². The van der Waals surface area contributed by atoms with Gasteiger partial charge in [-0.05, 0) is 47.3 Å². The van der Waals surface area contributed by atoms with E-state index in [1.807, 2.05) is 33.9 Å². The standard InChI is InChI=1S/C15H18BrN3O/c1-5-11-14(16)12(19(4)18-11)7-13(20)15-10(3)6-9(2)8-17-15/h6,8H,5,7H2,1-4H3. The highest BCUT2D eigenvalue weighted by Gasteiger charge is 2.18. The van der Waals surface area contributed by atoms with E-state index in [1.54, 1.807) is 10.9 Å². The lowest BCUT2D eigenvalue weighted by Crippen LogP contribution is -2.11. The number of halogens is 1. The Hall–Kier alpha value is -1.49. The fourth-order valence-corrected chi connectivity index (χ4v) is 3.01. The van der Waals surface area contributed by atoms with Crippen molar-refractivity contribution < 1.29 is 4.79 Å². The van der Waals surface area contributed by atoms with Gasteiger partial charge in [-0.3, -0.25) is 14.5 Å². The minimum atomic E-state index is 0.0221. The van der Waals surface area contributed by atoms with E-state index in [9.17, 15) is 4.79 Å². The molecule has 2 heterocycles. The lowest BCUT2D eigenvalue weighted by atomic mass is 10.1. The Morgan fingerprint density at radius 1 is 1.40 bits per heavy atom. The third kappa shape index (κ3) is 2.82. The molecule has 0 aliphatic carbocycles. The third-order valence-electron chi connectivity index (χ3n) is 3.31. The monoisotopic (exact) mass is 335 g/mol. The van der Waals surface area contributed by atoms with E-state index in [0.29, 0.717) is 12.1 Å². The van der Waals surface area contributed by atoms with Crippen molar-refractivity contribution in [1.82, 2.24) is 14.8 Å². The molecule has 2 aromatic heterocycles. The Kier molecular flexibility index (Phi) is 4.38. The molecule has 0 atom stereocenters. The number of rotatable bonds is 4. The van der Waals surface area contributed by atoms with Crippen molar-refractivity contribution >= 4 is 21.7 Å². The molecule has 0 bridgehead atoms. The zero-order valence-electron chi connectivity index (χ0n) is 12.2. The highest BCUT2D eigenvalue weighted by molar-refractivity contribution is 9.10. The van der Waals surface area contributed by atoms with Crippen molar-refractivity contribution in [2.24, 2.45) is 7.05 Å². The van der Waals surface area contributed by atoms with Gasteiger partial charge in [0.1, 0.15) is 5.69 Å². The van der Waals surface area contributed by atoms with Gasteiger partial charge in [-0.2, -0.15) is 5.10 Å². The predicted octanol–water partition coefficient (Wildman–Crippen LogP) is 3.18. The number of pyridine rings is 1. The number of Topliss-reactive ketones (excluding diaryl/α,β-unsaturated/α-hetero) is 1. The number of aryl methyl sites for hydroxylation is 4. The van der Waals surface area contributed by atoms with Crippen molar-refractivity contribution in [2.75, 3.05) is 0 Å². The van der Waals surface area contributed by atoms with Crippen LogP contribution >= 0.6 is 15.9 Å². The summed E-state index contributed by atoms with van der Waals surface area (Å²) < 4.78 is 2.70. The summed E-state index contributed by atoms with van der Waals surface area (Å²) in [6, 6.07) is 1.98. The topological polar surface area (TPSA) is 47.8 Å². The average Bonchev–Trinajstić information content (AvgIpc) is 2.66. The molecular formula is C15H18BrN3O. The Bertz CT molecular complexity index is 661. The molecule has 0 aromatic carbocycles. The number of hydrogen-bond acceptors (Lipinski definition) is 3. The Morgan fingerprint density at radius 3 is 2.65 bits per heavy atom. The highest BCUT2D eigenvalue weighted by atomic mass is 79.9. The van der Waals surface area contributed by atoms with Crippen LogP contribution in [0.2, 0.25) is 0 Å². The smallest absolute Gasteiger partial charge is 0.187 e. The summed E-state index contributed by atoms with van der Waals surface area (Å²) in [7, 11) is 1.86. The minimum Gasteiger partial charge on any atom is -0.292 e. The van der Waals surface area contributed by atoms with Gasteiger partial charge >= 0.3 is 0 Å². The molecule has 20 heavy (non-hydrogen) atoms. The second kappa shape index (κ2) is 5.87. The third-order valence-corrected chi connectivity index (χ3v) is 4.23. The Balaban J connectivity index is 2.30. The van der Waals surface area contributed by atoms with Gasteiger partial charge in [0.25, 0.3) is 0 Å². The largest absolute Gasteiger partial charge is 0.292 e. The molecule has 0 amide bonds. The number of carbonyl (C=O) groups is 1. The van der Waals surface area contributed by atoms with E-state index in [-0.39, 0.29) is 5.78 Å². The van der Waals surface area contributed by atoms with Crippen LogP contribution in [0, 0.1) is 13.8 Å². The molecular weight excluding hydrogens is 318 g/mol. The normalized spacial score (nSPS) is 10.8. The molecule has 0 spiro atoms. The summed E-state index contributed by atoms with van der Waals surface area (Å²) in [5.41, 5.74) is 4.40. The zero-order valence-corrected chi connectivity index (χ0v) is 13.8. The van der Waals surface area contributed by atoms with E-state index in [0.717, 1.165) is 33.4 Å². The van der Waals surface area contributed by atoms with E-state index in [2.05, 4.69) is 26.0 Å². The van der Waals surface area contributed by atoms with Crippen LogP contribution in [-0.4, -0.2) is 20.5 Å². The summed E-state index contributed by atoms with van der Waals surface area (Å²) in [6.07, 6.45) is 2.88. The SMILES string of the molecule is CCc1nn(C)c(CC(=O)c2ncc(C)cc2C)c1Br. The minimum absolute atomic E-state index is 0.0221. The summed E-state index contributed by atoms with van der Waals surface area (Å²) >= 11 is 3.54. The fourth-order valence-electron chi connectivity index (χ4n) is 2.25. The van der Waals surface area contributed by atoms with Crippen LogP contribution in [0.5, 0.6) is 0 Å². The van der Waals surface area contributed by atoms with Crippen molar-refractivity contribution in [1.29, 1.82) is 0 Å². The number of ketones is 1. The maximum atomic E-state index is 12.4. The fraction of sp³-hybridized carbons (Fsp3) is 0.400. The molecule has 2 rings (SSSR count). The van der Waals surface area contributed by atoms with Gasteiger partial charge in [-0.15, -0.1) is 0 Å². The van der Waals surface area contributed by atoms with Crippen molar-refractivity contribution in [3.05, 3.63) is 44.9 Å². The van der Waals surface area contributed by atoms with Gasteiger partial charge in [0.2, 0.25) is 0 Å². The summed E-state index contributed by atoms with van der Waals surface area (Å²) in [6.45, 7) is 5.94. The highest BCUT2D eigenvalue weighted by Crippen LogP contribution is 2.23. The van der Waals surface area contributed by atoms with E-state index in [4.69, 9.17) is 0 Å². The molecule has 5 heteroatoms. The van der Waals surface area contributed by atoms with Crippen molar-refractivity contribution in [3.8, 4) is 0 Å². The number of hydrogen-bond donors (Lipinski definition) is 0. The van der Waals surface area contributed by atoms with Crippen LogP contribution in [0.15, 0.2) is 16.7 Å². The average molecular weight is 336 g/mol. The van der Waals surface area contributed by atoms with Crippen molar-refractivity contribution in [2.45, 2.75) is 33.6 Å². The quantitative estimate of drug-likeness (QED) is 0.806. The van der Waals surface area contributed by atoms with Crippen LogP contribution in [0.25, 0.3) is 0 Å². The first kappa shape index (κ1) is 14.9. The molecule has 0 fully saturated rings. The van der Waals surface area contributed by atoms with Gasteiger partial charge in [-0.1, -0.05) is 13.0 Å². The first-order valence-corrected chi connectivity index (χ1v) is 7.40. The van der Waals surface area contributed by atoms with Gasteiger partial charge in [0, 0.05) is 13.2 Å². The van der Waals surface area contributed by atoms with Crippen LogP contribution in [0.4, 0.5) is 0 Å². The molecule has 106 valence electrons. The molecule has 0 N–H and O–H groups in total. The number of carbonyl (C=O) groups excluding carboxylic acids is 1.